The van der Waals surface area contributed by atoms with Crippen molar-refractivity contribution in [1.29, 1.82) is 0 Å². The molecule has 1 saturated heterocycles. The molecule has 30 heavy (non-hydrogen) atoms. The van der Waals surface area contributed by atoms with E-state index in [-0.39, 0.29) is 17.4 Å². The van der Waals surface area contributed by atoms with Crippen molar-refractivity contribution >= 4 is 5.91 Å². The Bertz CT molecular complexity index is 1100. The zero-order valence-electron chi connectivity index (χ0n) is 16.4. The van der Waals surface area contributed by atoms with Crippen LogP contribution in [0.2, 0.25) is 0 Å². The summed E-state index contributed by atoms with van der Waals surface area (Å²) in [5.74, 6) is 0.0580. The molecule has 3 heterocycles. The minimum atomic E-state index is -0.748. The van der Waals surface area contributed by atoms with Gasteiger partial charge in [0.1, 0.15) is 17.3 Å². The molecular formula is C22H21FN4O3. The normalized spacial score (nSPS) is 17.0. The highest BCUT2D eigenvalue weighted by Gasteiger charge is 2.32. The Hall–Kier alpha value is -3.55. The van der Waals surface area contributed by atoms with Crippen LogP contribution in [0, 0.1) is 5.82 Å². The number of rotatable bonds is 5. The number of aromatic amines is 1. The molecule has 1 aromatic carbocycles. The van der Waals surface area contributed by atoms with E-state index in [1.165, 1.54) is 24.3 Å². The van der Waals surface area contributed by atoms with E-state index in [4.69, 9.17) is 4.74 Å². The first-order valence-electron chi connectivity index (χ1n) is 9.73. The Morgan fingerprint density at radius 3 is 2.90 bits per heavy atom. The van der Waals surface area contributed by atoms with Crippen LogP contribution in [0.1, 0.15) is 25.0 Å². The molecule has 1 fully saturated rings. The lowest BCUT2D eigenvalue weighted by Gasteiger charge is -2.22. The summed E-state index contributed by atoms with van der Waals surface area (Å²) in [4.78, 5) is 38.1. The number of H-pyrrole nitrogens is 1. The summed E-state index contributed by atoms with van der Waals surface area (Å²) < 4.78 is 18.9. The van der Waals surface area contributed by atoms with Crippen LogP contribution < -0.4 is 10.3 Å². The third-order valence-electron chi connectivity index (χ3n) is 5.04. The number of carbonyl (C=O) groups excluding carboxylic acids is 1. The fourth-order valence-electron chi connectivity index (χ4n) is 3.56. The molecule has 0 saturated carbocycles. The predicted octanol–water partition coefficient (Wildman–Crippen LogP) is 2.75. The molecule has 1 aliphatic rings. The second-order valence-corrected chi connectivity index (χ2v) is 7.22. The number of nitrogens with zero attached hydrogens (tertiary/aromatic N) is 3. The van der Waals surface area contributed by atoms with Gasteiger partial charge in [0, 0.05) is 37.3 Å². The molecule has 2 atom stereocenters. The van der Waals surface area contributed by atoms with E-state index >= 15 is 0 Å². The standard InChI is InChI=1S/C22H21FN4O3/c1-14(30-17-6-4-5-16(23)11-17)22(29)27-10-8-15(13-27)19-12-20(28)26-21(25-19)18-7-2-3-9-24-18/h2-7,9,11-12,14-15H,8,10,13H2,1H3,(H,25,26,28). The first kappa shape index (κ1) is 19.8. The second kappa shape index (κ2) is 8.44. The summed E-state index contributed by atoms with van der Waals surface area (Å²) >= 11 is 0. The number of carbonyl (C=O) groups is 1. The molecule has 0 spiro atoms. The van der Waals surface area contributed by atoms with Crippen LogP contribution in [-0.2, 0) is 4.79 Å². The van der Waals surface area contributed by atoms with Crippen LogP contribution in [-0.4, -0.2) is 45.0 Å². The summed E-state index contributed by atoms with van der Waals surface area (Å²) in [7, 11) is 0. The Kier molecular flexibility index (Phi) is 5.56. The van der Waals surface area contributed by atoms with Crippen LogP contribution >= 0.6 is 0 Å². The molecule has 1 aliphatic heterocycles. The Morgan fingerprint density at radius 2 is 2.13 bits per heavy atom. The largest absolute Gasteiger partial charge is 0.481 e. The SMILES string of the molecule is CC(Oc1cccc(F)c1)C(=O)N1CCC(c2cc(=O)[nH]c(-c3ccccn3)n2)C1. The molecule has 0 radical (unpaired) electrons. The van der Waals surface area contributed by atoms with Crippen molar-refractivity contribution in [3.8, 4) is 17.3 Å². The van der Waals surface area contributed by atoms with Crippen molar-refractivity contribution < 1.29 is 13.9 Å². The fourth-order valence-corrected chi connectivity index (χ4v) is 3.56. The van der Waals surface area contributed by atoms with Crippen molar-refractivity contribution in [2.45, 2.75) is 25.4 Å². The van der Waals surface area contributed by atoms with Crippen LogP contribution in [0.15, 0.2) is 59.5 Å². The van der Waals surface area contributed by atoms with Gasteiger partial charge in [-0.05, 0) is 37.6 Å². The van der Waals surface area contributed by atoms with Gasteiger partial charge >= 0.3 is 0 Å². The van der Waals surface area contributed by atoms with Crippen molar-refractivity contribution in [3.05, 3.63) is 76.6 Å². The molecule has 1 amide bonds. The Balaban J connectivity index is 1.46. The average molecular weight is 408 g/mol. The van der Waals surface area contributed by atoms with E-state index in [9.17, 15) is 14.0 Å². The average Bonchev–Trinajstić information content (AvgIpc) is 3.24. The van der Waals surface area contributed by atoms with E-state index in [2.05, 4.69) is 15.0 Å². The van der Waals surface area contributed by atoms with Crippen LogP contribution in [0.4, 0.5) is 4.39 Å². The van der Waals surface area contributed by atoms with Gasteiger partial charge in [-0.25, -0.2) is 9.37 Å². The lowest BCUT2D eigenvalue weighted by Crippen LogP contribution is -2.39. The zero-order valence-corrected chi connectivity index (χ0v) is 16.4. The molecular weight excluding hydrogens is 387 g/mol. The van der Waals surface area contributed by atoms with Gasteiger partial charge in [0.15, 0.2) is 11.9 Å². The molecule has 1 N–H and O–H groups in total. The molecule has 4 rings (SSSR count). The third-order valence-corrected chi connectivity index (χ3v) is 5.04. The van der Waals surface area contributed by atoms with Crippen molar-refractivity contribution in [3.63, 3.8) is 0 Å². The van der Waals surface area contributed by atoms with Gasteiger partial charge in [0.05, 0.1) is 5.69 Å². The van der Waals surface area contributed by atoms with E-state index in [0.717, 1.165) is 0 Å². The summed E-state index contributed by atoms with van der Waals surface area (Å²) in [5, 5.41) is 0. The van der Waals surface area contributed by atoms with Gasteiger partial charge in [-0.2, -0.15) is 0 Å². The molecule has 0 bridgehead atoms. The fraction of sp³-hybridized carbons (Fsp3) is 0.273. The third kappa shape index (κ3) is 4.37. The minimum absolute atomic E-state index is 0.0555. The van der Waals surface area contributed by atoms with Crippen LogP contribution in [0.5, 0.6) is 5.75 Å². The maximum absolute atomic E-state index is 13.3. The maximum atomic E-state index is 13.3. The van der Waals surface area contributed by atoms with Crippen LogP contribution in [0.25, 0.3) is 11.5 Å². The summed E-state index contributed by atoms with van der Waals surface area (Å²) in [5.41, 5.74) is 0.959. The summed E-state index contributed by atoms with van der Waals surface area (Å²) in [6, 6.07) is 12.6. The smallest absolute Gasteiger partial charge is 0.263 e. The lowest BCUT2D eigenvalue weighted by molar-refractivity contribution is -0.136. The first-order valence-corrected chi connectivity index (χ1v) is 9.73. The monoisotopic (exact) mass is 408 g/mol. The maximum Gasteiger partial charge on any atom is 0.263 e. The van der Waals surface area contributed by atoms with Crippen molar-refractivity contribution in [1.82, 2.24) is 19.9 Å². The molecule has 2 aromatic heterocycles. The van der Waals surface area contributed by atoms with Gasteiger partial charge in [-0.1, -0.05) is 12.1 Å². The van der Waals surface area contributed by atoms with Crippen LogP contribution in [0.3, 0.4) is 0 Å². The predicted molar refractivity (Wildman–Crippen MR) is 109 cm³/mol. The van der Waals surface area contributed by atoms with E-state index in [0.29, 0.717) is 42.5 Å². The van der Waals surface area contributed by atoms with Crippen molar-refractivity contribution in [2.24, 2.45) is 0 Å². The number of pyridine rings is 1. The van der Waals surface area contributed by atoms with Gasteiger partial charge in [-0.3, -0.25) is 14.6 Å². The molecule has 8 heteroatoms. The van der Waals surface area contributed by atoms with Gasteiger partial charge < -0.3 is 14.6 Å². The minimum Gasteiger partial charge on any atom is -0.481 e. The number of aromatic nitrogens is 3. The van der Waals surface area contributed by atoms with E-state index in [1.54, 1.807) is 36.2 Å². The highest BCUT2D eigenvalue weighted by molar-refractivity contribution is 5.81. The lowest BCUT2D eigenvalue weighted by atomic mass is 10.0. The number of hydrogen-bond acceptors (Lipinski definition) is 5. The number of amides is 1. The number of nitrogens with one attached hydrogen (secondary N) is 1. The Morgan fingerprint density at radius 1 is 1.27 bits per heavy atom. The Labute approximate surface area is 172 Å². The second-order valence-electron chi connectivity index (χ2n) is 7.22. The van der Waals surface area contributed by atoms with E-state index < -0.39 is 11.9 Å². The number of halogens is 1. The number of ether oxygens (including phenoxy) is 1. The van der Waals surface area contributed by atoms with Gasteiger partial charge in [0.25, 0.3) is 11.5 Å². The first-order chi connectivity index (χ1) is 14.5. The van der Waals surface area contributed by atoms with Gasteiger partial charge in [-0.15, -0.1) is 0 Å². The topological polar surface area (TPSA) is 88.2 Å². The van der Waals surface area contributed by atoms with Crippen molar-refractivity contribution in [2.75, 3.05) is 13.1 Å². The molecule has 0 aliphatic carbocycles. The molecule has 154 valence electrons. The summed E-state index contributed by atoms with van der Waals surface area (Å²) in [6.07, 6.45) is 1.58. The quantitative estimate of drug-likeness (QED) is 0.701. The molecule has 3 aromatic rings. The zero-order chi connectivity index (χ0) is 21.1. The number of benzene rings is 1. The molecule has 2 unspecified atom stereocenters. The van der Waals surface area contributed by atoms with E-state index in [1.807, 2.05) is 6.07 Å². The summed E-state index contributed by atoms with van der Waals surface area (Å²) in [6.45, 7) is 2.62. The number of likely N-dealkylation sites (tertiary alicyclic amines) is 1. The highest BCUT2D eigenvalue weighted by atomic mass is 19.1. The number of hydrogen-bond donors (Lipinski definition) is 1. The van der Waals surface area contributed by atoms with Gasteiger partial charge in [0.2, 0.25) is 0 Å². The highest BCUT2D eigenvalue weighted by Crippen LogP contribution is 2.27. The molecule has 7 nitrogen and oxygen atoms in total.